The summed E-state index contributed by atoms with van der Waals surface area (Å²) in [5, 5.41) is 0. The molecule has 0 bridgehead atoms. The molecule has 0 radical (unpaired) electrons. The van der Waals surface area contributed by atoms with Crippen molar-refractivity contribution in [2.24, 2.45) is 17.6 Å². The predicted octanol–water partition coefficient (Wildman–Crippen LogP) is 1.45. The quantitative estimate of drug-likeness (QED) is 0.832. The van der Waals surface area contributed by atoms with Gasteiger partial charge in [-0.15, -0.1) is 0 Å². The zero-order valence-electron chi connectivity index (χ0n) is 12.8. The van der Waals surface area contributed by atoms with Crippen LogP contribution in [0.25, 0.3) is 0 Å². The van der Waals surface area contributed by atoms with Crippen molar-refractivity contribution in [2.45, 2.75) is 57.5 Å². The Morgan fingerprint density at radius 2 is 1.85 bits per heavy atom. The number of rotatable bonds is 2. The molecule has 0 aromatic carbocycles. The maximum atomic E-state index is 12.7. The second-order valence-electron chi connectivity index (χ2n) is 7.12. The average Bonchev–Trinajstić information content (AvgIpc) is 3.11. The highest BCUT2D eigenvalue weighted by molar-refractivity contribution is 5.79. The molecule has 4 atom stereocenters. The van der Waals surface area contributed by atoms with E-state index in [1.807, 2.05) is 0 Å². The molecule has 114 valence electrons. The van der Waals surface area contributed by atoms with Crippen LogP contribution in [0.4, 0.5) is 0 Å². The second kappa shape index (κ2) is 6.02. The SMILES string of the molecule is CC1CC(C(=O)N2CCC(N3CCCC3)C2)CCC1N. The molecule has 3 fully saturated rings. The molecular weight excluding hydrogens is 250 g/mol. The van der Waals surface area contributed by atoms with Gasteiger partial charge in [0.05, 0.1) is 0 Å². The molecule has 4 unspecified atom stereocenters. The van der Waals surface area contributed by atoms with E-state index in [2.05, 4.69) is 16.7 Å². The first-order chi connectivity index (χ1) is 9.65. The minimum Gasteiger partial charge on any atom is -0.341 e. The van der Waals surface area contributed by atoms with E-state index in [4.69, 9.17) is 5.73 Å². The highest BCUT2D eigenvalue weighted by atomic mass is 16.2. The number of hydrogen-bond donors (Lipinski definition) is 1. The lowest BCUT2D eigenvalue weighted by molar-refractivity contribution is -0.136. The molecule has 4 nitrogen and oxygen atoms in total. The van der Waals surface area contributed by atoms with E-state index in [0.29, 0.717) is 23.9 Å². The molecule has 2 N–H and O–H groups in total. The summed E-state index contributed by atoms with van der Waals surface area (Å²) >= 11 is 0. The van der Waals surface area contributed by atoms with Crippen molar-refractivity contribution >= 4 is 5.91 Å². The molecule has 1 amide bonds. The van der Waals surface area contributed by atoms with E-state index >= 15 is 0 Å². The van der Waals surface area contributed by atoms with Gasteiger partial charge in [0.2, 0.25) is 5.91 Å². The summed E-state index contributed by atoms with van der Waals surface area (Å²) in [5.74, 6) is 1.14. The van der Waals surface area contributed by atoms with Gasteiger partial charge in [-0.2, -0.15) is 0 Å². The number of carbonyl (C=O) groups excluding carboxylic acids is 1. The van der Waals surface area contributed by atoms with Crippen LogP contribution < -0.4 is 5.73 Å². The Morgan fingerprint density at radius 3 is 2.55 bits per heavy atom. The molecule has 3 aliphatic rings. The van der Waals surface area contributed by atoms with Crippen LogP contribution in [0.1, 0.15) is 45.4 Å². The van der Waals surface area contributed by atoms with Crippen LogP contribution in [0.5, 0.6) is 0 Å². The fourth-order valence-corrected chi connectivity index (χ4v) is 4.25. The maximum Gasteiger partial charge on any atom is 0.225 e. The van der Waals surface area contributed by atoms with E-state index in [1.54, 1.807) is 0 Å². The zero-order valence-corrected chi connectivity index (χ0v) is 12.8. The van der Waals surface area contributed by atoms with Crippen LogP contribution in [-0.4, -0.2) is 54.0 Å². The van der Waals surface area contributed by atoms with Gasteiger partial charge in [-0.05, 0) is 57.5 Å². The summed E-state index contributed by atoms with van der Waals surface area (Å²) < 4.78 is 0. The van der Waals surface area contributed by atoms with Gasteiger partial charge in [0.15, 0.2) is 0 Å². The van der Waals surface area contributed by atoms with E-state index in [1.165, 1.54) is 32.4 Å². The Balaban J connectivity index is 1.53. The van der Waals surface area contributed by atoms with E-state index in [-0.39, 0.29) is 5.92 Å². The Hall–Kier alpha value is -0.610. The molecule has 2 aliphatic heterocycles. The van der Waals surface area contributed by atoms with Gasteiger partial charge in [0.25, 0.3) is 0 Å². The third-order valence-electron chi connectivity index (χ3n) is 5.72. The van der Waals surface area contributed by atoms with Crippen LogP contribution >= 0.6 is 0 Å². The third-order valence-corrected chi connectivity index (χ3v) is 5.72. The fourth-order valence-electron chi connectivity index (χ4n) is 4.25. The predicted molar refractivity (Wildman–Crippen MR) is 80.3 cm³/mol. The summed E-state index contributed by atoms with van der Waals surface area (Å²) in [4.78, 5) is 17.4. The van der Waals surface area contributed by atoms with Crippen LogP contribution in [-0.2, 0) is 4.79 Å². The lowest BCUT2D eigenvalue weighted by Gasteiger charge is -2.33. The highest BCUT2D eigenvalue weighted by Crippen LogP contribution is 2.31. The van der Waals surface area contributed by atoms with Gasteiger partial charge < -0.3 is 10.6 Å². The molecule has 0 aromatic heterocycles. The lowest BCUT2D eigenvalue weighted by atomic mass is 9.79. The number of nitrogens with zero attached hydrogens (tertiary/aromatic N) is 2. The molecular formula is C16H29N3O. The van der Waals surface area contributed by atoms with Crippen LogP contribution in [0.2, 0.25) is 0 Å². The summed E-state index contributed by atoms with van der Waals surface area (Å²) in [6.45, 7) is 6.61. The van der Waals surface area contributed by atoms with Crippen molar-refractivity contribution in [3.63, 3.8) is 0 Å². The molecule has 1 saturated carbocycles. The first-order valence-electron chi connectivity index (χ1n) is 8.43. The molecule has 3 rings (SSSR count). The van der Waals surface area contributed by atoms with Crippen molar-refractivity contribution in [2.75, 3.05) is 26.2 Å². The molecule has 0 spiro atoms. The van der Waals surface area contributed by atoms with Crippen LogP contribution in [0, 0.1) is 11.8 Å². The Kier molecular flexibility index (Phi) is 4.32. The summed E-state index contributed by atoms with van der Waals surface area (Å²) in [6.07, 6.45) is 6.85. The minimum absolute atomic E-state index is 0.238. The van der Waals surface area contributed by atoms with Crippen molar-refractivity contribution < 1.29 is 4.79 Å². The lowest BCUT2D eigenvalue weighted by Crippen LogP contribution is -2.43. The number of nitrogens with two attached hydrogens (primary N) is 1. The largest absolute Gasteiger partial charge is 0.341 e. The minimum atomic E-state index is 0.238. The molecule has 0 aromatic rings. The van der Waals surface area contributed by atoms with Crippen LogP contribution in [0.3, 0.4) is 0 Å². The summed E-state index contributed by atoms with van der Waals surface area (Å²) in [6, 6.07) is 0.930. The highest BCUT2D eigenvalue weighted by Gasteiger charge is 2.36. The first kappa shape index (κ1) is 14.3. The fraction of sp³-hybridized carbons (Fsp3) is 0.938. The van der Waals surface area contributed by atoms with Crippen molar-refractivity contribution in [3.05, 3.63) is 0 Å². The van der Waals surface area contributed by atoms with Gasteiger partial charge in [-0.1, -0.05) is 6.92 Å². The van der Waals surface area contributed by atoms with Gasteiger partial charge in [0.1, 0.15) is 0 Å². The number of likely N-dealkylation sites (tertiary alicyclic amines) is 2. The molecule has 2 saturated heterocycles. The number of amides is 1. The van der Waals surface area contributed by atoms with Gasteiger partial charge in [-0.3, -0.25) is 9.69 Å². The van der Waals surface area contributed by atoms with Gasteiger partial charge in [0, 0.05) is 31.1 Å². The standard InChI is InChI=1S/C16H29N3O/c1-12-10-13(4-5-15(12)17)16(20)19-9-6-14(11-19)18-7-2-3-8-18/h12-15H,2-11,17H2,1H3. The van der Waals surface area contributed by atoms with E-state index in [9.17, 15) is 4.79 Å². The number of carbonyl (C=O) groups is 1. The van der Waals surface area contributed by atoms with Crippen molar-refractivity contribution in [1.82, 2.24) is 9.80 Å². The monoisotopic (exact) mass is 279 g/mol. The number of hydrogen-bond acceptors (Lipinski definition) is 3. The molecule has 2 heterocycles. The first-order valence-corrected chi connectivity index (χ1v) is 8.43. The Morgan fingerprint density at radius 1 is 1.10 bits per heavy atom. The smallest absolute Gasteiger partial charge is 0.225 e. The Labute approximate surface area is 122 Å². The topological polar surface area (TPSA) is 49.6 Å². The zero-order chi connectivity index (χ0) is 14.1. The van der Waals surface area contributed by atoms with Crippen molar-refractivity contribution in [1.29, 1.82) is 0 Å². The average molecular weight is 279 g/mol. The summed E-state index contributed by atoms with van der Waals surface area (Å²) in [7, 11) is 0. The normalized spacial score (nSPS) is 39.4. The molecule has 20 heavy (non-hydrogen) atoms. The van der Waals surface area contributed by atoms with E-state index in [0.717, 1.165) is 32.4 Å². The van der Waals surface area contributed by atoms with Crippen LogP contribution in [0.15, 0.2) is 0 Å². The molecule has 1 aliphatic carbocycles. The van der Waals surface area contributed by atoms with Crippen molar-refractivity contribution in [3.8, 4) is 0 Å². The Bertz CT molecular complexity index is 354. The van der Waals surface area contributed by atoms with Gasteiger partial charge in [-0.25, -0.2) is 0 Å². The second-order valence-corrected chi connectivity index (χ2v) is 7.12. The van der Waals surface area contributed by atoms with E-state index < -0.39 is 0 Å². The maximum absolute atomic E-state index is 12.7. The van der Waals surface area contributed by atoms with Gasteiger partial charge >= 0.3 is 0 Å². The summed E-state index contributed by atoms with van der Waals surface area (Å²) in [5.41, 5.74) is 6.07. The third kappa shape index (κ3) is 2.86. The molecule has 4 heteroatoms.